The van der Waals surface area contributed by atoms with E-state index in [0.717, 1.165) is 24.0 Å². The zero-order chi connectivity index (χ0) is 18.0. The summed E-state index contributed by atoms with van der Waals surface area (Å²) in [6.45, 7) is 3.10. The quantitative estimate of drug-likeness (QED) is 0.811. The molecule has 1 aromatic carbocycles. The van der Waals surface area contributed by atoms with Gasteiger partial charge >= 0.3 is 0 Å². The van der Waals surface area contributed by atoms with Crippen molar-refractivity contribution in [3.05, 3.63) is 34.6 Å². The van der Waals surface area contributed by atoms with E-state index < -0.39 is 0 Å². The number of nitrogens with two attached hydrogens (primary N) is 1. The summed E-state index contributed by atoms with van der Waals surface area (Å²) >= 11 is 5.28. The van der Waals surface area contributed by atoms with Crippen LogP contribution in [0.3, 0.4) is 0 Å². The molecule has 0 aliphatic carbocycles. The number of likely N-dealkylation sites (tertiary alicyclic amines) is 1. The van der Waals surface area contributed by atoms with Gasteiger partial charge in [0.2, 0.25) is 11.8 Å². The molecule has 3 N–H and O–H groups in total. The Morgan fingerprint density at radius 3 is 2.76 bits per heavy atom. The van der Waals surface area contributed by atoms with Crippen molar-refractivity contribution in [3.63, 3.8) is 0 Å². The topological polar surface area (TPSA) is 97.0 Å². The van der Waals surface area contributed by atoms with Crippen molar-refractivity contribution in [1.29, 1.82) is 0 Å². The fourth-order valence-corrected chi connectivity index (χ4v) is 3.26. The van der Waals surface area contributed by atoms with Crippen molar-refractivity contribution in [2.45, 2.75) is 26.3 Å². The van der Waals surface area contributed by atoms with Gasteiger partial charge in [-0.05, 0) is 32.0 Å². The van der Waals surface area contributed by atoms with Crippen molar-refractivity contribution in [2.75, 3.05) is 13.1 Å². The van der Waals surface area contributed by atoms with Gasteiger partial charge in [0.05, 0.1) is 5.92 Å². The normalized spacial score (nSPS) is 17.5. The molecule has 7 nitrogen and oxygen atoms in total. The second-order valence-corrected chi connectivity index (χ2v) is 6.77. The average molecular weight is 359 g/mol. The summed E-state index contributed by atoms with van der Waals surface area (Å²) in [7, 11) is 0. The Labute approximate surface area is 150 Å². The minimum atomic E-state index is -0.349. The first kappa shape index (κ1) is 17.3. The first-order chi connectivity index (χ1) is 12.0. The van der Waals surface area contributed by atoms with E-state index in [-0.39, 0.29) is 24.3 Å². The maximum absolute atomic E-state index is 12.7. The number of nitrogens with zero attached hydrogens (tertiary/aromatic N) is 3. The average Bonchev–Trinajstić information content (AvgIpc) is 2.96. The number of aromatic nitrogens is 3. The van der Waals surface area contributed by atoms with Crippen molar-refractivity contribution >= 4 is 24.0 Å². The second-order valence-electron chi connectivity index (χ2n) is 6.39. The van der Waals surface area contributed by atoms with Crippen LogP contribution in [0.5, 0.6) is 0 Å². The molecule has 1 atom stereocenters. The monoisotopic (exact) mass is 359 g/mol. The number of nitrogens with one attached hydrogen (secondary N) is 1. The predicted molar refractivity (Wildman–Crippen MR) is 96.1 cm³/mol. The summed E-state index contributed by atoms with van der Waals surface area (Å²) in [6, 6.07) is 7.87. The van der Waals surface area contributed by atoms with Crippen LogP contribution in [0.2, 0.25) is 0 Å². The zero-order valence-electron chi connectivity index (χ0n) is 14.1. The molecule has 1 fully saturated rings. The molecule has 0 saturated carbocycles. The lowest BCUT2D eigenvalue weighted by Gasteiger charge is -2.31. The first-order valence-corrected chi connectivity index (χ1v) is 8.66. The maximum Gasteiger partial charge on any atom is 0.242 e. The molecule has 0 spiro atoms. The van der Waals surface area contributed by atoms with Crippen molar-refractivity contribution in [2.24, 2.45) is 11.7 Å². The molecule has 2 aromatic rings. The highest BCUT2D eigenvalue weighted by Gasteiger charge is 2.27. The third-order valence-corrected chi connectivity index (χ3v) is 4.85. The Bertz CT molecular complexity index is 839. The number of carbonyl (C=O) groups is 2. The van der Waals surface area contributed by atoms with Gasteiger partial charge in [0.25, 0.3) is 0 Å². The molecule has 132 valence electrons. The summed E-state index contributed by atoms with van der Waals surface area (Å²) in [4.78, 5) is 25.8. The van der Waals surface area contributed by atoms with Gasteiger partial charge in [-0.15, -0.1) is 0 Å². The van der Waals surface area contributed by atoms with E-state index in [1.165, 1.54) is 0 Å². The lowest BCUT2D eigenvalue weighted by Crippen LogP contribution is -2.45. The van der Waals surface area contributed by atoms with Crippen LogP contribution in [-0.2, 0) is 16.1 Å². The molecule has 1 aromatic heterocycles. The van der Waals surface area contributed by atoms with Gasteiger partial charge in [-0.1, -0.05) is 29.8 Å². The van der Waals surface area contributed by atoms with E-state index in [1.54, 1.807) is 9.47 Å². The second kappa shape index (κ2) is 7.18. The minimum absolute atomic E-state index is 0.0863. The van der Waals surface area contributed by atoms with Crippen LogP contribution >= 0.6 is 12.2 Å². The van der Waals surface area contributed by atoms with Crippen molar-refractivity contribution in [3.8, 4) is 11.4 Å². The van der Waals surface area contributed by atoms with Crippen LogP contribution in [0.1, 0.15) is 18.4 Å². The molecule has 1 unspecified atom stereocenters. The lowest BCUT2D eigenvalue weighted by molar-refractivity contribution is -0.135. The van der Waals surface area contributed by atoms with Gasteiger partial charge in [0.1, 0.15) is 6.54 Å². The zero-order valence-corrected chi connectivity index (χ0v) is 14.9. The predicted octanol–water partition coefficient (Wildman–Crippen LogP) is 1.64. The molecular weight excluding hydrogens is 338 g/mol. The number of H-pyrrole nitrogens is 1. The molecule has 0 radical (unpaired) electrons. The van der Waals surface area contributed by atoms with Crippen LogP contribution in [0, 0.1) is 17.6 Å². The van der Waals surface area contributed by atoms with Gasteiger partial charge in [-0.25, -0.2) is 0 Å². The third-order valence-electron chi connectivity index (χ3n) is 4.54. The Hall–Kier alpha value is -2.48. The minimum Gasteiger partial charge on any atom is -0.369 e. The summed E-state index contributed by atoms with van der Waals surface area (Å²) in [6.07, 6.45) is 1.51. The Morgan fingerprint density at radius 1 is 1.36 bits per heavy atom. The number of amides is 2. The number of rotatable bonds is 4. The molecule has 1 aliphatic heterocycles. The van der Waals surface area contributed by atoms with Crippen molar-refractivity contribution in [1.82, 2.24) is 19.7 Å². The van der Waals surface area contributed by atoms with E-state index in [2.05, 4.69) is 10.2 Å². The molecular formula is C17H21N5O2S. The van der Waals surface area contributed by atoms with E-state index >= 15 is 0 Å². The number of aromatic amines is 1. The maximum atomic E-state index is 12.7. The van der Waals surface area contributed by atoms with E-state index in [4.69, 9.17) is 18.0 Å². The standard InChI is InChI=1S/C17H21N5O2S/c1-11-4-6-12(7-5-11)16-19-20-17(25)22(16)10-14(23)21-8-2-3-13(9-21)15(18)24/h4-7,13H,2-3,8-10H2,1H3,(H2,18,24)(H,20,25). The highest BCUT2D eigenvalue weighted by Crippen LogP contribution is 2.20. The van der Waals surface area contributed by atoms with Crippen LogP contribution in [0.15, 0.2) is 24.3 Å². The molecule has 0 bridgehead atoms. The molecule has 8 heteroatoms. The van der Waals surface area contributed by atoms with Gasteiger partial charge in [-0.2, -0.15) is 5.10 Å². The van der Waals surface area contributed by atoms with Gasteiger partial charge in [-0.3, -0.25) is 19.3 Å². The Kier molecular flexibility index (Phi) is 4.98. The highest BCUT2D eigenvalue weighted by atomic mass is 32.1. The SMILES string of the molecule is Cc1ccc(-c2n[nH]c(=S)n2CC(=O)N2CCCC(C(N)=O)C2)cc1. The molecule has 1 saturated heterocycles. The summed E-state index contributed by atoms with van der Waals surface area (Å²) in [5.74, 6) is -0.0806. The van der Waals surface area contributed by atoms with E-state index in [9.17, 15) is 9.59 Å². The Morgan fingerprint density at radius 2 is 2.08 bits per heavy atom. The first-order valence-electron chi connectivity index (χ1n) is 8.25. The summed E-state index contributed by atoms with van der Waals surface area (Å²) < 4.78 is 2.09. The van der Waals surface area contributed by atoms with Gasteiger partial charge in [0.15, 0.2) is 10.6 Å². The van der Waals surface area contributed by atoms with Crippen LogP contribution < -0.4 is 5.73 Å². The fraction of sp³-hybridized carbons (Fsp3) is 0.412. The number of benzene rings is 1. The molecule has 3 rings (SSSR count). The number of primary amides is 1. The fourth-order valence-electron chi connectivity index (χ4n) is 3.06. The van der Waals surface area contributed by atoms with E-state index in [1.807, 2.05) is 31.2 Å². The number of hydrogen-bond acceptors (Lipinski definition) is 4. The van der Waals surface area contributed by atoms with Gasteiger partial charge < -0.3 is 10.6 Å². The number of hydrogen-bond donors (Lipinski definition) is 2. The van der Waals surface area contributed by atoms with Crippen LogP contribution in [-0.4, -0.2) is 44.6 Å². The molecule has 2 heterocycles. The van der Waals surface area contributed by atoms with Crippen molar-refractivity contribution < 1.29 is 9.59 Å². The van der Waals surface area contributed by atoms with Crippen LogP contribution in [0.4, 0.5) is 0 Å². The smallest absolute Gasteiger partial charge is 0.242 e. The summed E-state index contributed by atoms with van der Waals surface area (Å²) in [5.41, 5.74) is 7.42. The third kappa shape index (κ3) is 3.79. The summed E-state index contributed by atoms with van der Waals surface area (Å²) in [5, 5.41) is 7.01. The van der Waals surface area contributed by atoms with Gasteiger partial charge in [0, 0.05) is 18.7 Å². The number of piperidine rings is 1. The van der Waals surface area contributed by atoms with E-state index in [0.29, 0.717) is 23.7 Å². The largest absolute Gasteiger partial charge is 0.369 e. The Balaban J connectivity index is 1.80. The molecule has 2 amide bonds. The number of aryl methyl sites for hydroxylation is 1. The van der Waals surface area contributed by atoms with Crippen LogP contribution in [0.25, 0.3) is 11.4 Å². The number of carbonyl (C=O) groups excluding carboxylic acids is 2. The molecule has 1 aliphatic rings. The lowest BCUT2D eigenvalue weighted by atomic mass is 9.97. The highest BCUT2D eigenvalue weighted by molar-refractivity contribution is 7.71. The molecule has 25 heavy (non-hydrogen) atoms.